The molecule has 0 aromatic heterocycles. The minimum Gasteiger partial charge on any atom is -0.0654 e. The molecule has 0 heterocycles. The normalized spacial score (nSPS) is 13.0. The van der Waals surface area contributed by atoms with E-state index in [1.54, 1.807) is 0 Å². The summed E-state index contributed by atoms with van der Waals surface area (Å²) in [7, 11) is 0. The quantitative estimate of drug-likeness (QED) is 0.252. The van der Waals surface area contributed by atoms with Crippen LogP contribution in [0.15, 0.2) is 0 Å². The number of hydrogen-bond donors (Lipinski definition) is 0. The Balaban J connectivity index is 3.05. The van der Waals surface area contributed by atoms with Crippen LogP contribution >= 0.6 is 0 Å². The summed E-state index contributed by atoms with van der Waals surface area (Å²) in [6.45, 7) is 9.42. The maximum atomic E-state index is 2.43. The van der Waals surface area contributed by atoms with E-state index in [0.717, 1.165) is 11.8 Å². The molecule has 0 aromatic carbocycles. The van der Waals surface area contributed by atoms with Gasteiger partial charge in [0.1, 0.15) is 0 Å². The van der Waals surface area contributed by atoms with Crippen LogP contribution in [0.5, 0.6) is 0 Å². The van der Waals surface area contributed by atoms with Crippen molar-refractivity contribution in [2.24, 2.45) is 11.8 Å². The van der Waals surface area contributed by atoms with E-state index in [9.17, 15) is 0 Å². The third-order valence-electron chi connectivity index (χ3n) is 4.67. The molecule has 0 heteroatoms. The molecule has 1 atom stereocenters. The number of rotatable bonds is 16. The smallest absolute Gasteiger partial charge is 0.0440 e. The van der Waals surface area contributed by atoms with E-state index in [4.69, 9.17) is 0 Å². The van der Waals surface area contributed by atoms with Crippen LogP contribution in [0.3, 0.4) is 0 Å². The lowest BCUT2D eigenvalue weighted by Crippen LogP contribution is -1.99. The average Bonchev–Trinajstić information content (AvgIpc) is 2.43. The van der Waals surface area contributed by atoms with Crippen LogP contribution in [0, 0.1) is 11.8 Å². The lowest BCUT2D eigenvalue weighted by Gasteiger charge is -2.13. The van der Waals surface area contributed by atoms with Gasteiger partial charge >= 0.3 is 0 Å². The molecule has 0 nitrogen and oxygen atoms in total. The first-order chi connectivity index (χ1) is 10.2. The SMILES string of the molecule is CCCCCCCCCCCCCCCC(C)CC(C)C. The molecule has 0 aliphatic rings. The summed E-state index contributed by atoms with van der Waals surface area (Å²) in [5.41, 5.74) is 0. The summed E-state index contributed by atoms with van der Waals surface area (Å²) in [6, 6.07) is 0. The second-order valence-corrected chi connectivity index (χ2v) is 7.77. The Morgan fingerprint density at radius 2 is 0.905 bits per heavy atom. The maximum absolute atomic E-state index is 2.43. The Morgan fingerprint density at radius 3 is 1.29 bits per heavy atom. The maximum Gasteiger partial charge on any atom is -0.0440 e. The Labute approximate surface area is 136 Å². The summed E-state index contributed by atoms with van der Waals surface area (Å²) >= 11 is 0. The van der Waals surface area contributed by atoms with Gasteiger partial charge in [-0.05, 0) is 18.3 Å². The van der Waals surface area contributed by atoms with Crippen molar-refractivity contribution in [1.29, 1.82) is 0 Å². The lowest BCUT2D eigenvalue weighted by atomic mass is 9.93. The van der Waals surface area contributed by atoms with Crippen LogP contribution in [0.1, 0.15) is 124 Å². The highest BCUT2D eigenvalue weighted by Gasteiger charge is 2.04. The highest BCUT2D eigenvalue weighted by atomic mass is 14.1. The van der Waals surface area contributed by atoms with Crippen molar-refractivity contribution in [3.8, 4) is 0 Å². The molecule has 0 aliphatic carbocycles. The van der Waals surface area contributed by atoms with Crippen molar-refractivity contribution >= 4 is 0 Å². The van der Waals surface area contributed by atoms with Crippen molar-refractivity contribution < 1.29 is 0 Å². The van der Waals surface area contributed by atoms with Crippen molar-refractivity contribution in [3.05, 3.63) is 0 Å². The fraction of sp³-hybridized carbons (Fsp3) is 1.00. The molecule has 0 aromatic rings. The molecule has 0 saturated heterocycles. The molecule has 0 N–H and O–H groups in total. The van der Waals surface area contributed by atoms with E-state index in [-0.39, 0.29) is 0 Å². The zero-order chi connectivity index (χ0) is 15.8. The van der Waals surface area contributed by atoms with E-state index < -0.39 is 0 Å². The zero-order valence-corrected chi connectivity index (χ0v) is 15.8. The van der Waals surface area contributed by atoms with Gasteiger partial charge in [0, 0.05) is 0 Å². The molecule has 0 rings (SSSR count). The lowest BCUT2D eigenvalue weighted by molar-refractivity contribution is 0.397. The van der Waals surface area contributed by atoms with Gasteiger partial charge in [0.25, 0.3) is 0 Å². The Morgan fingerprint density at radius 1 is 0.524 bits per heavy atom. The summed E-state index contributed by atoms with van der Waals surface area (Å²) in [5.74, 6) is 1.82. The Hall–Kier alpha value is 0. The van der Waals surface area contributed by atoms with Crippen molar-refractivity contribution in [3.63, 3.8) is 0 Å². The molecule has 128 valence electrons. The van der Waals surface area contributed by atoms with Crippen molar-refractivity contribution in [1.82, 2.24) is 0 Å². The van der Waals surface area contributed by atoms with E-state index in [0.29, 0.717) is 0 Å². The number of unbranched alkanes of at least 4 members (excludes halogenated alkanes) is 12. The van der Waals surface area contributed by atoms with Gasteiger partial charge in [-0.25, -0.2) is 0 Å². The summed E-state index contributed by atoms with van der Waals surface area (Å²) in [6.07, 6.45) is 21.9. The van der Waals surface area contributed by atoms with Crippen LogP contribution in [0.25, 0.3) is 0 Å². The van der Waals surface area contributed by atoms with Gasteiger partial charge < -0.3 is 0 Å². The second-order valence-electron chi connectivity index (χ2n) is 7.77. The van der Waals surface area contributed by atoms with Crippen LogP contribution in [-0.2, 0) is 0 Å². The topological polar surface area (TPSA) is 0 Å². The van der Waals surface area contributed by atoms with Crippen LogP contribution in [0.2, 0.25) is 0 Å². The minimum absolute atomic E-state index is 0.877. The first-order valence-electron chi connectivity index (χ1n) is 10.2. The predicted octanol–water partition coefficient (Wildman–Crippen LogP) is 8.15. The monoisotopic (exact) mass is 296 g/mol. The van der Waals surface area contributed by atoms with Crippen molar-refractivity contribution in [2.45, 2.75) is 124 Å². The standard InChI is InChI=1S/C21H44/c1-5-6-7-8-9-10-11-12-13-14-15-16-17-18-21(4)19-20(2)3/h20-21H,5-19H2,1-4H3. The largest absolute Gasteiger partial charge is 0.0654 e. The molecule has 0 amide bonds. The summed E-state index contributed by atoms with van der Waals surface area (Å²) in [4.78, 5) is 0. The van der Waals surface area contributed by atoms with Crippen LogP contribution in [-0.4, -0.2) is 0 Å². The predicted molar refractivity (Wildman–Crippen MR) is 98.9 cm³/mol. The second kappa shape index (κ2) is 16.4. The fourth-order valence-electron chi connectivity index (χ4n) is 3.43. The Kier molecular flexibility index (Phi) is 16.4. The first-order valence-corrected chi connectivity index (χ1v) is 10.2. The third-order valence-corrected chi connectivity index (χ3v) is 4.67. The van der Waals surface area contributed by atoms with Gasteiger partial charge in [-0.1, -0.05) is 118 Å². The molecule has 0 aliphatic heterocycles. The molecule has 0 bridgehead atoms. The van der Waals surface area contributed by atoms with E-state index in [1.165, 1.54) is 96.3 Å². The van der Waals surface area contributed by atoms with E-state index in [1.807, 2.05) is 0 Å². The van der Waals surface area contributed by atoms with Crippen molar-refractivity contribution in [2.75, 3.05) is 0 Å². The van der Waals surface area contributed by atoms with E-state index >= 15 is 0 Å². The van der Waals surface area contributed by atoms with Gasteiger partial charge in [0.05, 0.1) is 0 Å². The third kappa shape index (κ3) is 18.0. The summed E-state index contributed by atoms with van der Waals surface area (Å²) < 4.78 is 0. The average molecular weight is 297 g/mol. The highest BCUT2D eigenvalue weighted by Crippen LogP contribution is 2.19. The van der Waals surface area contributed by atoms with Gasteiger partial charge in [0.2, 0.25) is 0 Å². The van der Waals surface area contributed by atoms with Gasteiger partial charge in [0.15, 0.2) is 0 Å². The summed E-state index contributed by atoms with van der Waals surface area (Å²) in [5, 5.41) is 0. The van der Waals surface area contributed by atoms with Gasteiger partial charge in [-0.3, -0.25) is 0 Å². The molecular weight excluding hydrogens is 252 g/mol. The van der Waals surface area contributed by atoms with Crippen LogP contribution in [0.4, 0.5) is 0 Å². The molecular formula is C21H44. The molecule has 0 radical (unpaired) electrons. The molecule has 0 spiro atoms. The minimum atomic E-state index is 0.877. The number of hydrogen-bond acceptors (Lipinski definition) is 0. The first kappa shape index (κ1) is 21.0. The van der Waals surface area contributed by atoms with Crippen LogP contribution < -0.4 is 0 Å². The highest BCUT2D eigenvalue weighted by molar-refractivity contribution is 4.57. The molecule has 21 heavy (non-hydrogen) atoms. The van der Waals surface area contributed by atoms with Gasteiger partial charge in [-0.2, -0.15) is 0 Å². The zero-order valence-electron chi connectivity index (χ0n) is 15.8. The molecule has 1 unspecified atom stereocenters. The fourth-order valence-corrected chi connectivity index (χ4v) is 3.43. The van der Waals surface area contributed by atoms with Gasteiger partial charge in [-0.15, -0.1) is 0 Å². The Bertz CT molecular complexity index is 182. The molecule has 0 saturated carbocycles. The van der Waals surface area contributed by atoms with E-state index in [2.05, 4.69) is 27.7 Å². The molecule has 0 fully saturated rings.